The van der Waals surface area contributed by atoms with Gasteiger partial charge in [-0.15, -0.1) is 11.3 Å². The molecule has 7 nitrogen and oxygen atoms in total. The van der Waals surface area contributed by atoms with Crippen LogP contribution in [0.25, 0.3) is 20.7 Å². The number of aromatic nitrogens is 2. The van der Waals surface area contributed by atoms with Crippen molar-refractivity contribution in [2.75, 3.05) is 32.7 Å². The maximum absolute atomic E-state index is 13.2. The third kappa shape index (κ3) is 4.84. The first kappa shape index (κ1) is 20.3. The average Bonchev–Trinajstić information content (AvgIpc) is 3.45. The Balaban J connectivity index is 1.23. The molecule has 1 aliphatic heterocycles. The molecule has 2 aliphatic rings. The lowest BCUT2D eigenvalue weighted by molar-refractivity contribution is -0.122. The number of piperazine rings is 1. The first-order chi connectivity index (χ1) is 15.0. The molecule has 2 aromatic heterocycles. The minimum atomic E-state index is -0.285. The topological polar surface area (TPSA) is 81.3 Å². The van der Waals surface area contributed by atoms with Crippen molar-refractivity contribution in [3.05, 3.63) is 52.3 Å². The van der Waals surface area contributed by atoms with Crippen molar-refractivity contribution in [3.8, 4) is 10.4 Å². The largest absolute Gasteiger partial charge is 0.352 e. The molecule has 1 amide bonds. The first-order valence-electron chi connectivity index (χ1n) is 10.6. The van der Waals surface area contributed by atoms with Gasteiger partial charge >= 0.3 is 0 Å². The van der Waals surface area contributed by atoms with E-state index in [4.69, 9.17) is 0 Å². The van der Waals surface area contributed by atoms with Gasteiger partial charge in [0.2, 0.25) is 5.91 Å². The summed E-state index contributed by atoms with van der Waals surface area (Å²) in [7, 11) is 0. The van der Waals surface area contributed by atoms with Crippen molar-refractivity contribution in [1.82, 2.24) is 25.1 Å². The molecule has 5 rings (SSSR count). The van der Waals surface area contributed by atoms with Crippen molar-refractivity contribution >= 4 is 27.5 Å². The van der Waals surface area contributed by atoms with E-state index in [1.807, 2.05) is 6.07 Å². The summed E-state index contributed by atoms with van der Waals surface area (Å²) in [5.74, 6) is 0.467. The summed E-state index contributed by atoms with van der Waals surface area (Å²) >= 11 is 1.37. The van der Waals surface area contributed by atoms with Gasteiger partial charge in [-0.1, -0.05) is 12.1 Å². The molecule has 2 fully saturated rings. The zero-order valence-electron chi connectivity index (χ0n) is 17.1. The van der Waals surface area contributed by atoms with Gasteiger partial charge in [0, 0.05) is 37.1 Å². The summed E-state index contributed by atoms with van der Waals surface area (Å²) in [6, 6.07) is 8.53. The van der Waals surface area contributed by atoms with E-state index in [1.165, 1.54) is 23.5 Å². The molecule has 1 saturated carbocycles. The van der Waals surface area contributed by atoms with E-state index in [0.29, 0.717) is 35.2 Å². The lowest BCUT2D eigenvalue weighted by Crippen LogP contribution is -2.49. The Hall–Kier alpha value is -2.62. The van der Waals surface area contributed by atoms with Crippen molar-refractivity contribution in [2.45, 2.75) is 25.4 Å². The van der Waals surface area contributed by atoms with Gasteiger partial charge in [-0.2, -0.15) is 0 Å². The Morgan fingerprint density at radius 1 is 1.16 bits per heavy atom. The Morgan fingerprint density at radius 2 is 1.87 bits per heavy atom. The third-order valence-corrected chi connectivity index (χ3v) is 6.88. The summed E-state index contributed by atoms with van der Waals surface area (Å²) in [5.41, 5.74) is 1.39. The number of aromatic amines is 1. The second-order valence-electron chi connectivity index (χ2n) is 8.24. The fraction of sp³-hybridized carbons (Fsp3) is 0.409. The van der Waals surface area contributed by atoms with Crippen LogP contribution in [-0.2, 0) is 11.3 Å². The van der Waals surface area contributed by atoms with Gasteiger partial charge in [0.15, 0.2) is 0 Å². The van der Waals surface area contributed by atoms with Crippen molar-refractivity contribution < 1.29 is 9.18 Å². The zero-order valence-corrected chi connectivity index (χ0v) is 17.9. The van der Waals surface area contributed by atoms with Gasteiger partial charge < -0.3 is 10.3 Å². The smallest absolute Gasteiger partial charge is 0.268 e. The fourth-order valence-electron chi connectivity index (χ4n) is 3.84. The standard InChI is InChI=1S/C22H24FN5O2S/c23-15-3-1-14(2-4-15)18-11-17-21(31-18)22(30)26-19(25-17)12-27-7-9-28(10-8-27)13-20(29)24-16-5-6-16/h1-4,11,16H,5-10,12-13H2,(H,24,29)(H,25,26,30). The van der Waals surface area contributed by atoms with Crippen LogP contribution >= 0.6 is 11.3 Å². The van der Waals surface area contributed by atoms with Crippen molar-refractivity contribution in [2.24, 2.45) is 0 Å². The summed E-state index contributed by atoms with van der Waals surface area (Å²) in [6.45, 7) is 4.29. The molecule has 31 heavy (non-hydrogen) atoms. The Bertz CT molecular complexity index is 1150. The molecule has 3 heterocycles. The SMILES string of the molecule is O=C(CN1CCN(Cc2nc3cc(-c4ccc(F)cc4)sc3c(=O)[nH]2)CC1)NC1CC1. The van der Waals surface area contributed by atoms with E-state index < -0.39 is 0 Å². The fourth-order valence-corrected chi connectivity index (χ4v) is 4.84. The number of rotatable bonds is 6. The number of nitrogens with zero attached hydrogens (tertiary/aromatic N) is 3. The zero-order chi connectivity index (χ0) is 21.4. The number of carbonyl (C=O) groups is 1. The highest BCUT2D eigenvalue weighted by Gasteiger charge is 2.25. The maximum atomic E-state index is 13.2. The molecule has 1 saturated heterocycles. The summed E-state index contributed by atoms with van der Waals surface area (Å²) < 4.78 is 13.8. The number of nitrogens with one attached hydrogen (secondary N) is 2. The van der Waals surface area contributed by atoms with Crippen LogP contribution in [0.5, 0.6) is 0 Å². The molecule has 0 radical (unpaired) electrons. The molecule has 2 N–H and O–H groups in total. The van der Waals surface area contributed by atoms with Crippen LogP contribution in [0.2, 0.25) is 0 Å². The number of amides is 1. The molecule has 0 bridgehead atoms. The van der Waals surface area contributed by atoms with E-state index in [9.17, 15) is 14.0 Å². The molecule has 0 unspecified atom stereocenters. The third-order valence-electron chi connectivity index (χ3n) is 5.71. The van der Waals surface area contributed by atoms with Crippen molar-refractivity contribution in [1.29, 1.82) is 0 Å². The van der Waals surface area contributed by atoms with Crippen LogP contribution < -0.4 is 10.9 Å². The molecule has 162 valence electrons. The van der Waals surface area contributed by atoms with Gasteiger partial charge in [-0.05, 0) is 36.6 Å². The van der Waals surface area contributed by atoms with Crippen LogP contribution in [0.1, 0.15) is 18.7 Å². The predicted octanol–water partition coefficient (Wildman–Crippen LogP) is 2.19. The quantitative estimate of drug-likeness (QED) is 0.613. The first-order valence-corrected chi connectivity index (χ1v) is 11.4. The highest BCUT2D eigenvalue weighted by Crippen LogP contribution is 2.31. The minimum absolute atomic E-state index is 0.113. The molecule has 1 aromatic carbocycles. The Labute approximate surface area is 182 Å². The molecule has 3 aromatic rings. The van der Waals surface area contributed by atoms with Gasteiger partial charge in [-0.25, -0.2) is 9.37 Å². The summed E-state index contributed by atoms with van der Waals surface area (Å²) in [4.78, 5) is 37.4. The second-order valence-corrected chi connectivity index (χ2v) is 9.29. The number of carbonyl (C=O) groups excluding carboxylic acids is 1. The van der Waals surface area contributed by atoms with Crippen LogP contribution in [0.15, 0.2) is 35.1 Å². The lowest BCUT2D eigenvalue weighted by Gasteiger charge is -2.33. The highest BCUT2D eigenvalue weighted by atomic mass is 32.1. The van der Waals surface area contributed by atoms with Crippen LogP contribution in [0.3, 0.4) is 0 Å². The van der Waals surface area contributed by atoms with Crippen LogP contribution in [-0.4, -0.2) is 64.4 Å². The predicted molar refractivity (Wildman–Crippen MR) is 119 cm³/mol. The second kappa shape index (κ2) is 8.49. The average molecular weight is 442 g/mol. The number of benzene rings is 1. The van der Waals surface area contributed by atoms with E-state index in [1.54, 1.807) is 12.1 Å². The van der Waals surface area contributed by atoms with Gasteiger partial charge in [0.05, 0.1) is 18.6 Å². The minimum Gasteiger partial charge on any atom is -0.352 e. The Kier molecular flexibility index (Phi) is 5.56. The monoisotopic (exact) mass is 441 g/mol. The maximum Gasteiger partial charge on any atom is 0.268 e. The molecule has 9 heteroatoms. The number of fused-ring (bicyclic) bond motifs is 1. The molecule has 0 atom stereocenters. The van der Waals surface area contributed by atoms with E-state index >= 15 is 0 Å². The lowest BCUT2D eigenvalue weighted by atomic mass is 10.2. The van der Waals surface area contributed by atoms with Gasteiger partial charge in [0.25, 0.3) is 5.56 Å². The van der Waals surface area contributed by atoms with E-state index in [-0.39, 0.29) is 17.3 Å². The van der Waals surface area contributed by atoms with E-state index in [0.717, 1.165) is 49.5 Å². The van der Waals surface area contributed by atoms with Crippen LogP contribution in [0.4, 0.5) is 4.39 Å². The number of H-pyrrole nitrogens is 1. The summed E-state index contributed by atoms with van der Waals surface area (Å²) in [5, 5.41) is 3.03. The van der Waals surface area contributed by atoms with Crippen molar-refractivity contribution in [3.63, 3.8) is 0 Å². The van der Waals surface area contributed by atoms with Gasteiger partial charge in [-0.3, -0.25) is 19.4 Å². The highest BCUT2D eigenvalue weighted by molar-refractivity contribution is 7.22. The molecule has 1 aliphatic carbocycles. The van der Waals surface area contributed by atoms with E-state index in [2.05, 4.69) is 25.1 Å². The summed E-state index contributed by atoms with van der Waals surface area (Å²) in [6.07, 6.45) is 2.20. The number of thiophene rings is 1. The number of halogens is 1. The molecule has 0 spiro atoms. The Morgan fingerprint density at radius 3 is 2.58 bits per heavy atom. The number of hydrogen-bond acceptors (Lipinski definition) is 6. The van der Waals surface area contributed by atoms with Crippen LogP contribution in [0, 0.1) is 5.82 Å². The number of hydrogen-bond donors (Lipinski definition) is 2. The molecular weight excluding hydrogens is 417 g/mol. The normalized spacial score (nSPS) is 17.8. The molecular formula is C22H24FN5O2S. The van der Waals surface area contributed by atoms with Gasteiger partial charge in [0.1, 0.15) is 16.3 Å².